The molecule has 2 rings (SSSR count). The van der Waals surface area contributed by atoms with Crippen LogP contribution in [-0.4, -0.2) is 25.8 Å². The summed E-state index contributed by atoms with van der Waals surface area (Å²) in [6.07, 6.45) is 4.47. The summed E-state index contributed by atoms with van der Waals surface area (Å²) in [6, 6.07) is 0.429. The summed E-state index contributed by atoms with van der Waals surface area (Å²) in [5.41, 5.74) is 1.09. The second-order valence-electron chi connectivity index (χ2n) is 8.64. The summed E-state index contributed by atoms with van der Waals surface area (Å²) in [4.78, 5) is 0. The molecule has 0 radical (unpaired) electrons. The highest BCUT2D eigenvalue weighted by Crippen LogP contribution is 2.66. The lowest BCUT2D eigenvalue weighted by molar-refractivity contribution is -0.0615. The van der Waals surface area contributed by atoms with Gasteiger partial charge in [0.15, 0.2) is 0 Å². The maximum absolute atomic E-state index is 6.39. The molecule has 4 atom stereocenters. The fraction of sp³-hybridized carbons (Fsp3) is 1.00. The van der Waals surface area contributed by atoms with Crippen LogP contribution in [0.4, 0.5) is 0 Å². The van der Waals surface area contributed by atoms with E-state index in [1.54, 1.807) is 0 Å². The quantitative estimate of drug-likeness (QED) is 0.835. The van der Waals surface area contributed by atoms with E-state index in [1.807, 2.05) is 7.05 Å². The highest BCUT2D eigenvalue weighted by atomic mass is 16.5. The van der Waals surface area contributed by atoms with Crippen molar-refractivity contribution in [3.8, 4) is 0 Å². The van der Waals surface area contributed by atoms with Crippen LogP contribution in [0.1, 0.15) is 60.8 Å². The maximum Gasteiger partial charge on any atom is 0.0637 e. The Labute approximate surface area is 119 Å². The van der Waals surface area contributed by atoms with Gasteiger partial charge in [-0.3, -0.25) is 0 Å². The normalized spacial score (nSPS) is 38.7. The molecule has 2 aliphatic rings. The molecule has 19 heavy (non-hydrogen) atoms. The fourth-order valence-corrected chi connectivity index (χ4v) is 4.36. The van der Waals surface area contributed by atoms with Crippen LogP contribution in [0.25, 0.3) is 0 Å². The molecule has 112 valence electrons. The highest BCUT2D eigenvalue weighted by Gasteiger charge is 2.61. The van der Waals surface area contributed by atoms with Crippen LogP contribution in [0.5, 0.6) is 0 Å². The number of fused-ring (bicyclic) bond motifs is 2. The second-order valence-corrected chi connectivity index (χ2v) is 8.64. The molecule has 0 saturated heterocycles. The Morgan fingerprint density at radius 2 is 1.89 bits per heavy atom. The standard InChI is InChI=1S/C17H33NO/c1-15(2,3)13(18-7)11-19-14-10-12-8-9-17(14,6)16(12,4)5/h12-14,18H,8-11H2,1-7H3. The number of rotatable bonds is 4. The molecule has 0 amide bonds. The van der Waals surface area contributed by atoms with Gasteiger partial charge >= 0.3 is 0 Å². The smallest absolute Gasteiger partial charge is 0.0637 e. The van der Waals surface area contributed by atoms with E-state index in [4.69, 9.17) is 4.74 Å². The minimum atomic E-state index is 0.253. The molecule has 0 aromatic rings. The van der Waals surface area contributed by atoms with E-state index in [0.29, 0.717) is 23.0 Å². The number of nitrogens with one attached hydrogen (secondary N) is 1. The van der Waals surface area contributed by atoms with Crippen molar-refractivity contribution in [2.45, 2.75) is 73.0 Å². The van der Waals surface area contributed by atoms with Gasteiger partial charge in [-0.05, 0) is 48.5 Å². The van der Waals surface area contributed by atoms with Gasteiger partial charge in [0.2, 0.25) is 0 Å². The molecule has 1 N–H and O–H groups in total. The fourth-order valence-electron chi connectivity index (χ4n) is 4.36. The first-order valence-electron chi connectivity index (χ1n) is 7.92. The first-order valence-corrected chi connectivity index (χ1v) is 7.92. The molecule has 2 bridgehead atoms. The average molecular weight is 267 g/mol. The van der Waals surface area contributed by atoms with Gasteiger partial charge in [0, 0.05) is 6.04 Å². The van der Waals surface area contributed by atoms with Crippen molar-refractivity contribution in [1.29, 1.82) is 0 Å². The minimum Gasteiger partial charge on any atom is -0.376 e. The van der Waals surface area contributed by atoms with Crippen molar-refractivity contribution in [2.75, 3.05) is 13.7 Å². The van der Waals surface area contributed by atoms with Crippen LogP contribution in [0, 0.1) is 22.2 Å². The zero-order valence-corrected chi connectivity index (χ0v) is 14.0. The highest BCUT2D eigenvalue weighted by molar-refractivity contribution is 5.11. The van der Waals surface area contributed by atoms with E-state index >= 15 is 0 Å². The largest absolute Gasteiger partial charge is 0.376 e. The number of ether oxygens (including phenoxy) is 1. The number of hydrogen-bond donors (Lipinski definition) is 1. The van der Waals surface area contributed by atoms with E-state index in [9.17, 15) is 0 Å². The Hall–Kier alpha value is -0.0800. The van der Waals surface area contributed by atoms with Gasteiger partial charge in [0.05, 0.1) is 12.7 Å². The summed E-state index contributed by atoms with van der Waals surface area (Å²) in [5.74, 6) is 0.866. The lowest BCUT2D eigenvalue weighted by Crippen LogP contribution is -2.45. The van der Waals surface area contributed by atoms with E-state index in [-0.39, 0.29) is 5.41 Å². The molecule has 2 fully saturated rings. The van der Waals surface area contributed by atoms with Gasteiger partial charge in [0.1, 0.15) is 0 Å². The van der Waals surface area contributed by atoms with Crippen molar-refractivity contribution in [3.63, 3.8) is 0 Å². The Morgan fingerprint density at radius 3 is 2.26 bits per heavy atom. The van der Waals surface area contributed by atoms with Crippen LogP contribution in [-0.2, 0) is 4.74 Å². The maximum atomic E-state index is 6.39. The SMILES string of the molecule is CNC(COC1CC2CCC1(C)C2(C)C)C(C)(C)C. The van der Waals surface area contributed by atoms with E-state index in [2.05, 4.69) is 46.9 Å². The van der Waals surface area contributed by atoms with Crippen molar-refractivity contribution in [3.05, 3.63) is 0 Å². The van der Waals surface area contributed by atoms with E-state index in [0.717, 1.165) is 12.5 Å². The Kier molecular flexibility index (Phi) is 3.81. The molecule has 0 heterocycles. The van der Waals surface area contributed by atoms with Crippen LogP contribution in [0.3, 0.4) is 0 Å². The molecule has 2 heteroatoms. The first-order chi connectivity index (χ1) is 8.63. The predicted octanol–water partition coefficient (Wildman–Crippen LogP) is 3.85. The molecular formula is C17H33NO. The van der Waals surface area contributed by atoms with Gasteiger partial charge in [-0.1, -0.05) is 41.5 Å². The van der Waals surface area contributed by atoms with E-state index < -0.39 is 0 Å². The van der Waals surface area contributed by atoms with Gasteiger partial charge in [-0.15, -0.1) is 0 Å². The lowest BCUT2D eigenvalue weighted by Gasteiger charge is -2.40. The Bertz CT molecular complexity index is 331. The van der Waals surface area contributed by atoms with E-state index in [1.165, 1.54) is 19.3 Å². The second kappa shape index (κ2) is 4.73. The van der Waals surface area contributed by atoms with Crippen LogP contribution >= 0.6 is 0 Å². The van der Waals surface area contributed by atoms with Crippen molar-refractivity contribution in [2.24, 2.45) is 22.2 Å². The number of hydrogen-bond acceptors (Lipinski definition) is 2. The Morgan fingerprint density at radius 1 is 1.26 bits per heavy atom. The lowest BCUT2D eigenvalue weighted by atomic mass is 9.70. The molecule has 0 spiro atoms. The predicted molar refractivity (Wildman–Crippen MR) is 81.3 cm³/mol. The van der Waals surface area contributed by atoms with Crippen LogP contribution < -0.4 is 5.32 Å². The molecule has 0 aromatic carbocycles. The molecule has 2 saturated carbocycles. The molecule has 4 unspecified atom stereocenters. The summed E-state index contributed by atoms with van der Waals surface area (Å²) in [7, 11) is 2.05. The van der Waals surface area contributed by atoms with Gasteiger partial charge in [0.25, 0.3) is 0 Å². The first kappa shape index (κ1) is 15.3. The summed E-state index contributed by atoms with van der Waals surface area (Å²) in [6.45, 7) is 15.0. The number of likely N-dealkylation sites (N-methyl/N-ethyl adjacent to an activating group) is 1. The average Bonchev–Trinajstić information content (AvgIpc) is 2.60. The van der Waals surface area contributed by atoms with Crippen LogP contribution in [0.2, 0.25) is 0 Å². The monoisotopic (exact) mass is 267 g/mol. The Balaban J connectivity index is 1.99. The van der Waals surface area contributed by atoms with Crippen LogP contribution in [0.15, 0.2) is 0 Å². The van der Waals surface area contributed by atoms with Crippen molar-refractivity contribution >= 4 is 0 Å². The zero-order valence-electron chi connectivity index (χ0n) is 14.0. The van der Waals surface area contributed by atoms with Gasteiger partial charge in [-0.25, -0.2) is 0 Å². The molecule has 0 aliphatic heterocycles. The van der Waals surface area contributed by atoms with Gasteiger partial charge in [-0.2, -0.15) is 0 Å². The topological polar surface area (TPSA) is 21.3 Å². The molecular weight excluding hydrogens is 234 g/mol. The van der Waals surface area contributed by atoms with Crippen molar-refractivity contribution < 1.29 is 4.74 Å². The molecule has 2 nitrogen and oxygen atoms in total. The third-order valence-corrected chi connectivity index (χ3v) is 6.57. The summed E-state index contributed by atoms with van der Waals surface area (Å²) < 4.78 is 6.39. The third-order valence-electron chi connectivity index (χ3n) is 6.57. The van der Waals surface area contributed by atoms with Gasteiger partial charge < -0.3 is 10.1 Å². The third kappa shape index (κ3) is 2.35. The molecule has 0 aromatic heterocycles. The minimum absolute atomic E-state index is 0.253. The zero-order chi connectivity index (χ0) is 14.5. The summed E-state index contributed by atoms with van der Waals surface area (Å²) in [5, 5.41) is 3.42. The van der Waals surface area contributed by atoms with Crippen molar-refractivity contribution in [1.82, 2.24) is 5.32 Å². The summed E-state index contributed by atoms with van der Waals surface area (Å²) >= 11 is 0. The molecule has 2 aliphatic carbocycles.